The van der Waals surface area contributed by atoms with E-state index in [1.165, 1.54) is 10.9 Å². The van der Waals surface area contributed by atoms with Crippen molar-refractivity contribution in [2.24, 2.45) is 5.41 Å². The van der Waals surface area contributed by atoms with Gasteiger partial charge in [0, 0.05) is 37.1 Å². The van der Waals surface area contributed by atoms with Crippen molar-refractivity contribution in [2.75, 3.05) is 25.4 Å². The second kappa shape index (κ2) is 11.7. The first-order valence-electron chi connectivity index (χ1n) is 14.2. The van der Waals surface area contributed by atoms with Gasteiger partial charge in [-0.25, -0.2) is 14.8 Å². The maximum atomic E-state index is 13.9. The maximum Gasteiger partial charge on any atom is 0.335 e. The first kappa shape index (κ1) is 29.5. The van der Waals surface area contributed by atoms with Gasteiger partial charge in [0.2, 0.25) is 0 Å². The van der Waals surface area contributed by atoms with E-state index >= 15 is 0 Å². The minimum absolute atomic E-state index is 0.0710. The van der Waals surface area contributed by atoms with Crippen LogP contribution in [0.25, 0.3) is 16.9 Å². The van der Waals surface area contributed by atoms with E-state index in [1.54, 1.807) is 34.9 Å². The molecule has 0 radical (unpaired) electrons. The predicted octanol–water partition coefficient (Wildman–Crippen LogP) is 4.03. The zero-order chi connectivity index (χ0) is 30.8. The normalized spacial score (nSPS) is 14.3. The highest BCUT2D eigenvalue weighted by Crippen LogP contribution is 2.27. The van der Waals surface area contributed by atoms with Crippen LogP contribution in [0.1, 0.15) is 34.1 Å². The molecule has 0 bridgehead atoms. The van der Waals surface area contributed by atoms with Crippen LogP contribution in [0.5, 0.6) is 11.5 Å². The second-order valence-electron chi connectivity index (χ2n) is 12.1. The number of para-hydroxylation sites is 1. The Kier molecular flexibility index (Phi) is 8.06. The molecule has 11 nitrogen and oxygen atoms in total. The molecule has 1 aliphatic heterocycles. The summed E-state index contributed by atoms with van der Waals surface area (Å²) < 4.78 is 8.93. The van der Waals surface area contributed by atoms with Gasteiger partial charge in [-0.1, -0.05) is 32.0 Å². The minimum atomic E-state index is -0.584. The number of nitriles is 1. The highest BCUT2D eigenvalue weighted by molar-refractivity contribution is 5.97. The van der Waals surface area contributed by atoms with Gasteiger partial charge in [0.25, 0.3) is 5.91 Å². The summed E-state index contributed by atoms with van der Waals surface area (Å²) in [5, 5.41) is 12.6. The van der Waals surface area contributed by atoms with E-state index in [0.717, 1.165) is 19.5 Å². The fourth-order valence-electron chi connectivity index (χ4n) is 5.16. The van der Waals surface area contributed by atoms with Crippen LogP contribution in [0.2, 0.25) is 0 Å². The lowest BCUT2D eigenvalue weighted by Crippen LogP contribution is -2.51. The standard InChI is InChI=1S/C32H36N8O3/c1-31(2,19-35-29(41)22(18-33)17-32(3,4)38-15-8-16-38)20-39-28-26(27(34)36-21-37-28)40(30(39)42)23-11-13-25(14-12-23)43-24-9-6-5-7-10-24/h5-7,9-14,17,21H,8,15-16,19-20H2,1-4H3,(H,35,41)(H2,34,36,37)/b22-17+. The van der Waals surface area contributed by atoms with E-state index < -0.39 is 16.9 Å². The minimum Gasteiger partial charge on any atom is -0.457 e. The zero-order valence-electron chi connectivity index (χ0n) is 24.9. The Bertz CT molecular complexity index is 1760. The average molecular weight is 581 g/mol. The van der Waals surface area contributed by atoms with Crippen LogP contribution in [0.15, 0.2) is 77.4 Å². The number of carbonyl (C=O) groups is 1. The number of fused-ring (bicyclic) bond motifs is 1. The topological polar surface area (TPSA) is 144 Å². The van der Waals surface area contributed by atoms with Gasteiger partial charge < -0.3 is 15.8 Å². The van der Waals surface area contributed by atoms with Crippen LogP contribution < -0.4 is 21.5 Å². The molecule has 1 fully saturated rings. The van der Waals surface area contributed by atoms with Crippen LogP contribution in [0, 0.1) is 16.7 Å². The summed E-state index contributed by atoms with van der Waals surface area (Å²) in [6.07, 6.45) is 4.16. The molecule has 3 heterocycles. The first-order chi connectivity index (χ1) is 20.5. The van der Waals surface area contributed by atoms with Crippen LogP contribution in [0.3, 0.4) is 0 Å². The van der Waals surface area contributed by atoms with Gasteiger partial charge in [0.15, 0.2) is 11.5 Å². The van der Waals surface area contributed by atoms with Crippen molar-refractivity contribution in [3.8, 4) is 23.3 Å². The third-order valence-electron chi connectivity index (χ3n) is 7.65. The number of anilines is 1. The Morgan fingerprint density at radius 2 is 1.74 bits per heavy atom. The second-order valence-corrected chi connectivity index (χ2v) is 12.1. The third kappa shape index (κ3) is 6.29. The fraction of sp³-hybridized carbons (Fsp3) is 0.344. The predicted molar refractivity (Wildman–Crippen MR) is 165 cm³/mol. The lowest BCUT2D eigenvalue weighted by molar-refractivity contribution is -0.117. The van der Waals surface area contributed by atoms with E-state index in [2.05, 4.69) is 20.2 Å². The van der Waals surface area contributed by atoms with Crippen LogP contribution in [-0.2, 0) is 11.3 Å². The van der Waals surface area contributed by atoms with Crippen molar-refractivity contribution in [2.45, 2.75) is 46.2 Å². The van der Waals surface area contributed by atoms with E-state index in [0.29, 0.717) is 28.4 Å². The molecule has 4 aromatic rings. The number of aromatic nitrogens is 4. The molecular weight excluding hydrogens is 544 g/mol. The quantitative estimate of drug-likeness (QED) is 0.211. The van der Waals surface area contributed by atoms with Gasteiger partial charge >= 0.3 is 5.69 Å². The summed E-state index contributed by atoms with van der Waals surface area (Å²) in [4.78, 5) is 37.6. The lowest BCUT2D eigenvalue weighted by Gasteiger charge is -2.43. The number of carbonyl (C=O) groups excluding carboxylic acids is 1. The summed E-state index contributed by atoms with van der Waals surface area (Å²) in [7, 11) is 0. The Morgan fingerprint density at radius 3 is 2.37 bits per heavy atom. The van der Waals surface area contributed by atoms with E-state index in [4.69, 9.17) is 10.5 Å². The summed E-state index contributed by atoms with van der Waals surface area (Å²) in [6.45, 7) is 10.2. The third-order valence-corrected chi connectivity index (χ3v) is 7.65. The van der Waals surface area contributed by atoms with Gasteiger partial charge in [-0.15, -0.1) is 0 Å². The SMILES string of the molecule is CC(C)(CNC(=O)/C(C#N)=C/C(C)(C)N1CCC1)Cn1c(=O)n(-c2ccc(Oc3ccccc3)cc2)c2c(N)ncnc21. The number of nitrogens with zero attached hydrogens (tertiary/aromatic N) is 6. The largest absolute Gasteiger partial charge is 0.457 e. The number of ether oxygens (including phenoxy) is 1. The van der Waals surface area contributed by atoms with E-state index in [1.807, 2.05) is 64.1 Å². The number of imidazole rings is 1. The lowest BCUT2D eigenvalue weighted by atomic mass is 9.92. The molecule has 43 heavy (non-hydrogen) atoms. The molecule has 1 saturated heterocycles. The van der Waals surface area contributed by atoms with Crippen LogP contribution >= 0.6 is 0 Å². The molecule has 0 unspecified atom stereocenters. The number of likely N-dealkylation sites (tertiary alicyclic amines) is 1. The molecule has 0 saturated carbocycles. The molecule has 3 N–H and O–H groups in total. The van der Waals surface area contributed by atoms with Crippen molar-refractivity contribution in [1.29, 1.82) is 5.26 Å². The van der Waals surface area contributed by atoms with E-state index in [9.17, 15) is 14.9 Å². The van der Waals surface area contributed by atoms with Crippen molar-refractivity contribution in [3.05, 3.63) is 83.1 Å². The molecule has 5 rings (SSSR count). The summed E-state index contributed by atoms with van der Waals surface area (Å²) in [5.41, 5.74) is 6.37. The molecule has 1 aliphatic rings. The number of hydrogen-bond donors (Lipinski definition) is 2. The zero-order valence-corrected chi connectivity index (χ0v) is 24.9. The summed E-state index contributed by atoms with van der Waals surface area (Å²) >= 11 is 0. The first-order valence-corrected chi connectivity index (χ1v) is 14.2. The van der Waals surface area contributed by atoms with Gasteiger partial charge in [0.05, 0.1) is 5.69 Å². The molecule has 0 atom stereocenters. The number of nitrogens with one attached hydrogen (secondary N) is 1. The Balaban J connectivity index is 1.38. The molecule has 2 aromatic carbocycles. The van der Waals surface area contributed by atoms with Crippen molar-refractivity contribution < 1.29 is 9.53 Å². The van der Waals surface area contributed by atoms with Gasteiger partial charge in [-0.05, 0) is 62.7 Å². The highest BCUT2D eigenvalue weighted by atomic mass is 16.5. The molecule has 11 heteroatoms. The van der Waals surface area contributed by atoms with Crippen molar-refractivity contribution in [1.82, 2.24) is 29.3 Å². The summed E-state index contributed by atoms with van der Waals surface area (Å²) in [5.74, 6) is 1.05. The maximum absolute atomic E-state index is 13.9. The Morgan fingerprint density at radius 1 is 1.07 bits per heavy atom. The number of hydrogen-bond acceptors (Lipinski definition) is 8. The molecule has 2 aromatic heterocycles. The van der Waals surface area contributed by atoms with E-state index in [-0.39, 0.29) is 30.2 Å². The molecule has 0 aliphatic carbocycles. The van der Waals surface area contributed by atoms with Gasteiger partial charge in [0.1, 0.15) is 35.0 Å². The monoisotopic (exact) mass is 580 g/mol. The fourth-order valence-corrected chi connectivity index (χ4v) is 5.16. The molecule has 1 amide bonds. The Hall–Kier alpha value is -4.95. The number of benzene rings is 2. The molecule has 0 spiro atoms. The smallest absolute Gasteiger partial charge is 0.335 e. The summed E-state index contributed by atoms with van der Waals surface area (Å²) in [6, 6.07) is 18.6. The number of amides is 1. The Labute approximate surface area is 250 Å². The van der Waals surface area contributed by atoms with Crippen molar-refractivity contribution in [3.63, 3.8) is 0 Å². The number of nitrogen functional groups attached to an aromatic ring is 1. The molecule has 222 valence electrons. The van der Waals surface area contributed by atoms with Gasteiger partial charge in [-0.3, -0.25) is 18.8 Å². The average Bonchev–Trinajstić information content (AvgIpc) is 3.22. The van der Waals surface area contributed by atoms with Crippen LogP contribution in [0.4, 0.5) is 5.82 Å². The van der Waals surface area contributed by atoms with Crippen LogP contribution in [-0.4, -0.2) is 55.1 Å². The van der Waals surface area contributed by atoms with Crippen molar-refractivity contribution >= 4 is 22.9 Å². The highest BCUT2D eigenvalue weighted by Gasteiger charge is 2.31. The number of nitrogens with two attached hydrogens (primary N) is 1. The van der Waals surface area contributed by atoms with Gasteiger partial charge in [-0.2, -0.15) is 5.26 Å². The number of rotatable bonds is 10. The molecular formula is C32H36N8O3.